The molecule has 2 heterocycles. The molecule has 4 nitrogen and oxygen atoms in total. The highest BCUT2D eigenvalue weighted by Gasteiger charge is 2.22. The first-order valence-electron chi connectivity index (χ1n) is 7.89. The van der Waals surface area contributed by atoms with Gasteiger partial charge in [-0.1, -0.05) is 6.42 Å². The Morgan fingerprint density at radius 3 is 2.37 bits per heavy atom. The van der Waals surface area contributed by atoms with Gasteiger partial charge in [-0.2, -0.15) is 0 Å². The molecule has 0 aromatic carbocycles. The number of amides is 1. The van der Waals surface area contributed by atoms with Crippen molar-refractivity contribution in [1.29, 1.82) is 0 Å². The van der Waals surface area contributed by atoms with Gasteiger partial charge in [-0.3, -0.25) is 4.79 Å². The van der Waals surface area contributed by atoms with Gasteiger partial charge in [-0.25, -0.2) is 0 Å². The van der Waals surface area contributed by atoms with Crippen LogP contribution < -0.4 is 5.32 Å². The third-order valence-electron chi connectivity index (χ3n) is 4.44. The van der Waals surface area contributed by atoms with Crippen LogP contribution in [0.5, 0.6) is 0 Å². The molecule has 1 amide bonds. The van der Waals surface area contributed by atoms with Crippen molar-refractivity contribution in [1.82, 2.24) is 15.1 Å². The van der Waals surface area contributed by atoms with Crippen LogP contribution in [0.2, 0.25) is 0 Å². The summed E-state index contributed by atoms with van der Waals surface area (Å²) in [6, 6.07) is 1.15. The van der Waals surface area contributed by atoms with Crippen molar-refractivity contribution < 1.29 is 4.79 Å². The lowest BCUT2D eigenvalue weighted by Gasteiger charge is -2.35. The molecule has 2 rings (SSSR count). The number of hydrogen-bond donors (Lipinski definition) is 1. The molecule has 110 valence electrons. The highest BCUT2D eigenvalue weighted by atomic mass is 16.2. The normalized spacial score (nSPS) is 24.4. The molecule has 19 heavy (non-hydrogen) atoms. The van der Waals surface area contributed by atoms with E-state index in [1.807, 2.05) is 4.90 Å². The molecule has 2 saturated heterocycles. The van der Waals surface area contributed by atoms with Crippen LogP contribution >= 0.6 is 0 Å². The molecular formula is C15H29N3O. The fourth-order valence-corrected chi connectivity index (χ4v) is 3.35. The molecule has 0 spiro atoms. The predicted molar refractivity (Wildman–Crippen MR) is 78.2 cm³/mol. The molecule has 1 atom stereocenters. The maximum Gasteiger partial charge on any atom is 0.219 e. The summed E-state index contributed by atoms with van der Waals surface area (Å²) in [6.45, 7) is 9.53. The molecule has 0 aliphatic carbocycles. The summed E-state index contributed by atoms with van der Waals surface area (Å²) in [5.41, 5.74) is 0. The van der Waals surface area contributed by atoms with Crippen molar-refractivity contribution in [2.75, 3.05) is 32.7 Å². The first kappa shape index (κ1) is 14.8. The molecule has 0 aromatic heterocycles. The van der Waals surface area contributed by atoms with Crippen LogP contribution in [0.25, 0.3) is 0 Å². The van der Waals surface area contributed by atoms with Gasteiger partial charge in [0.1, 0.15) is 0 Å². The van der Waals surface area contributed by atoms with Crippen LogP contribution in [0.1, 0.15) is 46.0 Å². The monoisotopic (exact) mass is 267 g/mol. The molecule has 2 aliphatic rings. The smallest absolute Gasteiger partial charge is 0.219 e. The van der Waals surface area contributed by atoms with Gasteiger partial charge in [-0.15, -0.1) is 0 Å². The van der Waals surface area contributed by atoms with Gasteiger partial charge >= 0.3 is 0 Å². The molecular weight excluding hydrogens is 238 g/mol. The van der Waals surface area contributed by atoms with Crippen LogP contribution in [0.4, 0.5) is 0 Å². The highest BCUT2D eigenvalue weighted by molar-refractivity contribution is 5.73. The summed E-state index contributed by atoms with van der Waals surface area (Å²) in [6.07, 6.45) is 6.34. The molecule has 0 aromatic rings. The summed E-state index contributed by atoms with van der Waals surface area (Å²) in [4.78, 5) is 15.8. The van der Waals surface area contributed by atoms with E-state index in [4.69, 9.17) is 0 Å². The summed E-state index contributed by atoms with van der Waals surface area (Å²) in [7, 11) is 0. The minimum absolute atomic E-state index is 0.222. The molecule has 1 unspecified atom stereocenters. The van der Waals surface area contributed by atoms with E-state index in [-0.39, 0.29) is 5.91 Å². The second-order valence-corrected chi connectivity index (χ2v) is 6.21. The molecule has 2 aliphatic heterocycles. The third-order valence-corrected chi connectivity index (χ3v) is 4.44. The lowest BCUT2D eigenvalue weighted by molar-refractivity contribution is -0.129. The number of piperidine rings is 2. The fraction of sp³-hybridized carbons (Fsp3) is 0.933. The topological polar surface area (TPSA) is 35.6 Å². The number of nitrogens with zero attached hydrogens (tertiary/aromatic N) is 2. The summed E-state index contributed by atoms with van der Waals surface area (Å²) >= 11 is 0. The molecule has 1 N–H and O–H groups in total. The summed E-state index contributed by atoms with van der Waals surface area (Å²) in [5, 5.41) is 3.75. The Bertz CT molecular complexity index is 281. The predicted octanol–water partition coefficient (Wildman–Crippen LogP) is 1.46. The summed E-state index contributed by atoms with van der Waals surface area (Å²) in [5.74, 6) is 0.222. The van der Waals surface area contributed by atoms with E-state index in [1.165, 1.54) is 38.9 Å². The van der Waals surface area contributed by atoms with Crippen molar-refractivity contribution >= 4 is 5.91 Å². The van der Waals surface area contributed by atoms with Gasteiger partial charge in [0.25, 0.3) is 0 Å². The van der Waals surface area contributed by atoms with Crippen LogP contribution in [-0.2, 0) is 4.79 Å². The van der Waals surface area contributed by atoms with Crippen LogP contribution in [-0.4, -0.2) is 60.5 Å². The van der Waals surface area contributed by atoms with Crippen LogP contribution in [0, 0.1) is 0 Å². The van der Waals surface area contributed by atoms with Gasteiger partial charge < -0.3 is 15.1 Å². The van der Waals surface area contributed by atoms with Crippen molar-refractivity contribution in [3.63, 3.8) is 0 Å². The molecule has 4 heteroatoms. The average molecular weight is 267 g/mol. The quantitative estimate of drug-likeness (QED) is 0.837. The lowest BCUT2D eigenvalue weighted by atomic mass is 10.0. The van der Waals surface area contributed by atoms with E-state index >= 15 is 0 Å². The molecule has 2 fully saturated rings. The molecule has 0 saturated carbocycles. The van der Waals surface area contributed by atoms with Gasteiger partial charge in [-0.05, 0) is 45.7 Å². The van der Waals surface area contributed by atoms with Crippen LogP contribution in [0.3, 0.4) is 0 Å². The first-order valence-corrected chi connectivity index (χ1v) is 7.89. The minimum atomic E-state index is 0.222. The van der Waals surface area contributed by atoms with E-state index < -0.39 is 0 Å². The van der Waals surface area contributed by atoms with E-state index in [9.17, 15) is 4.79 Å². The number of hydrogen-bond acceptors (Lipinski definition) is 3. The first-order chi connectivity index (χ1) is 9.15. The SMILES string of the molecule is CC(=O)N1CCC(NC(C)CN2CCCCC2)CC1. The Morgan fingerprint density at radius 1 is 1.16 bits per heavy atom. The van der Waals surface area contributed by atoms with E-state index in [0.29, 0.717) is 12.1 Å². The standard InChI is InChI=1S/C15H29N3O/c1-13(12-17-8-4-3-5-9-17)16-15-6-10-18(11-7-15)14(2)19/h13,15-16H,3-12H2,1-2H3. The average Bonchev–Trinajstić information content (AvgIpc) is 2.40. The van der Waals surface area contributed by atoms with Gasteiger partial charge in [0.2, 0.25) is 5.91 Å². The maximum atomic E-state index is 11.3. The Kier molecular flexibility index (Phi) is 5.64. The van der Waals surface area contributed by atoms with Crippen LogP contribution in [0.15, 0.2) is 0 Å². The number of carbonyl (C=O) groups excluding carboxylic acids is 1. The number of likely N-dealkylation sites (tertiary alicyclic amines) is 2. The van der Waals surface area contributed by atoms with Gasteiger partial charge in [0.15, 0.2) is 0 Å². The Morgan fingerprint density at radius 2 is 1.79 bits per heavy atom. The Labute approximate surface area is 117 Å². The Balaban J connectivity index is 1.65. The van der Waals surface area contributed by atoms with Crippen molar-refractivity contribution in [3.8, 4) is 0 Å². The minimum Gasteiger partial charge on any atom is -0.343 e. The second kappa shape index (κ2) is 7.25. The lowest BCUT2D eigenvalue weighted by Crippen LogP contribution is -2.49. The Hall–Kier alpha value is -0.610. The van der Waals surface area contributed by atoms with Crippen molar-refractivity contribution in [3.05, 3.63) is 0 Å². The van der Waals surface area contributed by atoms with Crippen molar-refractivity contribution in [2.45, 2.75) is 58.0 Å². The zero-order valence-corrected chi connectivity index (χ0v) is 12.5. The zero-order chi connectivity index (χ0) is 13.7. The van der Waals surface area contributed by atoms with E-state index in [1.54, 1.807) is 6.92 Å². The van der Waals surface area contributed by atoms with Crippen molar-refractivity contribution in [2.24, 2.45) is 0 Å². The third kappa shape index (κ3) is 4.77. The maximum absolute atomic E-state index is 11.3. The number of rotatable bonds is 4. The van der Waals surface area contributed by atoms with E-state index in [0.717, 1.165) is 25.9 Å². The zero-order valence-electron chi connectivity index (χ0n) is 12.5. The number of nitrogens with one attached hydrogen (secondary N) is 1. The molecule has 0 radical (unpaired) electrons. The molecule has 0 bridgehead atoms. The van der Waals surface area contributed by atoms with Gasteiger partial charge in [0.05, 0.1) is 0 Å². The highest BCUT2D eigenvalue weighted by Crippen LogP contribution is 2.13. The fourth-order valence-electron chi connectivity index (χ4n) is 3.35. The van der Waals surface area contributed by atoms with E-state index in [2.05, 4.69) is 17.1 Å². The largest absolute Gasteiger partial charge is 0.343 e. The number of carbonyl (C=O) groups is 1. The summed E-state index contributed by atoms with van der Waals surface area (Å²) < 4.78 is 0. The van der Waals surface area contributed by atoms with Gasteiger partial charge in [0, 0.05) is 38.6 Å². The second-order valence-electron chi connectivity index (χ2n) is 6.21.